The Morgan fingerprint density at radius 3 is 2.70 bits per heavy atom. The van der Waals surface area contributed by atoms with Crippen LogP contribution in [-0.2, 0) is 6.54 Å². The van der Waals surface area contributed by atoms with E-state index in [9.17, 15) is 0 Å². The van der Waals surface area contributed by atoms with E-state index in [4.69, 9.17) is 11.6 Å². The lowest BCUT2D eigenvalue weighted by Crippen LogP contribution is -2.38. The molecule has 0 heterocycles. The summed E-state index contributed by atoms with van der Waals surface area (Å²) in [5.41, 5.74) is 1.25. The fraction of sp³-hybridized carbons (Fsp3) is 0.647. The molecule has 5 atom stereocenters. The highest BCUT2D eigenvalue weighted by Gasteiger charge is 2.53. The van der Waals surface area contributed by atoms with Crippen molar-refractivity contribution >= 4 is 24.0 Å². The zero-order chi connectivity index (χ0) is 12.8. The van der Waals surface area contributed by atoms with Crippen LogP contribution in [-0.4, -0.2) is 6.04 Å². The molecule has 3 saturated carbocycles. The van der Waals surface area contributed by atoms with Crippen molar-refractivity contribution in [2.24, 2.45) is 23.7 Å². The van der Waals surface area contributed by atoms with Crippen molar-refractivity contribution in [2.75, 3.05) is 0 Å². The van der Waals surface area contributed by atoms with E-state index >= 15 is 0 Å². The minimum atomic E-state index is 0. The van der Waals surface area contributed by atoms with Crippen LogP contribution in [0.15, 0.2) is 24.3 Å². The lowest BCUT2D eigenvalue weighted by atomic mass is 9.79. The predicted molar refractivity (Wildman–Crippen MR) is 86.4 cm³/mol. The fourth-order valence-electron chi connectivity index (χ4n) is 5.19. The molecule has 0 radical (unpaired) electrons. The van der Waals surface area contributed by atoms with Gasteiger partial charge in [-0.3, -0.25) is 0 Å². The number of halogens is 2. The molecule has 110 valence electrons. The van der Waals surface area contributed by atoms with Gasteiger partial charge in [0.15, 0.2) is 0 Å². The van der Waals surface area contributed by atoms with Gasteiger partial charge in [0.05, 0.1) is 0 Å². The summed E-state index contributed by atoms with van der Waals surface area (Å²) in [6.45, 7) is 0.935. The van der Waals surface area contributed by atoms with E-state index in [1.165, 1.54) is 37.7 Å². The minimum absolute atomic E-state index is 0. The normalized spacial score (nSPS) is 37.8. The van der Waals surface area contributed by atoms with E-state index in [1.54, 1.807) is 0 Å². The summed E-state index contributed by atoms with van der Waals surface area (Å²) in [7, 11) is 0. The van der Waals surface area contributed by atoms with Crippen molar-refractivity contribution in [3.63, 3.8) is 0 Å². The number of rotatable bonds is 3. The molecule has 3 heteroatoms. The number of fused-ring (bicyclic) bond motifs is 5. The zero-order valence-electron chi connectivity index (χ0n) is 11.7. The molecule has 3 aliphatic carbocycles. The highest BCUT2D eigenvalue weighted by atomic mass is 35.5. The highest BCUT2D eigenvalue weighted by Crippen LogP contribution is 2.58. The summed E-state index contributed by atoms with van der Waals surface area (Å²) >= 11 is 6.24. The zero-order valence-corrected chi connectivity index (χ0v) is 13.3. The van der Waals surface area contributed by atoms with Crippen molar-refractivity contribution in [3.05, 3.63) is 34.9 Å². The molecule has 20 heavy (non-hydrogen) atoms. The van der Waals surface area contributed by atoms with Gasteiger partial charge < -0.3 is 5.32 Å². The molecule has 0 aliphatic heterocycles. The highest BCUT2D eigenvalue weighted by molar-refractivity contribution is 6.31. The molecule has 4 rings (SSSR count). The molecule has 1 aromatic carbocycles. The topological polar surface area (TPSA) is 12.0 Å². The van der Waals surface area contributed by atoms with Gasteiger partial charge in [0.25, 0.3) is 0 Å². The van der Waals surface area contributed by atoms with Crippen LogP contribution in [0.3, 0.4) is 0 Å². The van der Waals surface area contributed by atoms with E-state index in [0.29, 0.717) is 0 Å². The van der Waals surface area contributed by atoms with Crippen molar-refractivity contribution in [1.29, 1.82) is 0 Å². The van der Waals surface area contributed by atoms with Crippen molar-refractivity contribution in [3.8, 4) is 0 Å². The summed E-state index contributed by atoms with van der Waals surface area (Å²) in [4.78, 5) is 0. The molecular weight excluding hydrogens is 289 g/mol. The summed E-state index contributed by atoms with van der Waals surface area (Å²) in [6, 6.07) is 8.97. The van der Waals surface area contributed by atoms with Gasteiger partial charge in [-0.2, -0.15) is 0 Å². The standard InChI is InChI=1S/C17H22ClN.ClH/c18-16-7-2-1-4-11(16)10-19-17-9-12-8-15(17)14-6-3-5-13(12)14;/h1-2,4,7,12-15,17,19H,3,5-6,8-10H2;1H. The molecular formula is C17H23Cl2N. The predicted octanol–water partition coefficient (Wildman–Crippen LogP) is 4.68. The molecule has 1 nitrogen and oxygen atoms in total. The molecule has 3 fully saturated rings. The third-order valence-electron chi connectivity index (χ3n) is 5.94. The van der Waals surface area contributed by atoms with Crippen LogP contribution >= 0.6 is 24.0 Å². The van der Waals surface area contributed by atoms with Crippen LogP contribution < -0.4 is 5.32 Å². The van der Waals surface area contributed by atoms with Crippen LogP contribution in [0.2, 0.25) is 5.02 Å². The van der Waals surface area contributed by atoms with E-state index in [1.807, 2.05) is 12.1 Å². The van der Waals surface area contributed by atoms with E-state index in [2.05, 4.69) is 17.4 Å². The first-order valence-corrected chi connectivity index (χ1v) is 8.17. The van der Waals surface area contributed by atoms with Gasteiger partial charge in [0, 0.05) is 17.6 Å². The Hall–Kier alpha value is -0.240. The average molecular weight is 312 g/mol. The molecule has 1 N–H and O–H groups in total. The van der Waals surface area contributed by atoms with Crippen LogP contribution in [0, 0.1) is 23.7 Å². The summed E-state index contributed by atoms with van der Waals surface area (Å²) in [5.74, 6) is 4.12. The molecule has 0 amide bonds. The Bertz CT molecular complexity index is 476. The average Bonchev–Trinajstić information content (AvgIpc) is 3.10. The Labute approximate surface area is 132 Å². The maximum Gasteiger partial charge on any atom is 0.0450 e. The Morgan fingerprint density at radius 1 is 1.05 bits per heavy atom. The monoisotopic (exact) mass is 311 g/mol. The summed E-state index contributed by atoms with van der Waals surface area (Å²) in [5, 5.41) is 4.70. The maximum absolute atomic E-state index is 6.24. The Kier molecular flexibility index (Phi) is 4.31. The van der Waals surface area contributed by atoms with Gasteiger partial charge in [-0.05, 0) is 61.0 Å². The number of benzene rings is 1. The second-order valence-corrected chi connectivity index (χ2v) is 7.14. The number of hydrogen-bond acceptors (Lipinski definition) is 1. The molecule has 1 aromatic rings. The van der Waals surface area contributed by atoms with Crippen LogP contribution in [0.25, 0.3) is 0 Å². The quantitative estimate of drug-likeness (QED) is 0.855. The second-order valence-electron chi connectivity index (χ2n) is 6.73. The van der Waals surface area contributed by atoms with Gasteiger partial charge in [-0.25, -0.2) is 0 Å². The molecule has 5 unspecified atom stereocenters. The Balaban J connectivity index is 0.00000121. The molecule has 0 saturated heterocycles. The first kappa shape index (κ1) is 14.7. The van der Waals surface area contributed by atoms with Gasteiger partial charge in [-0.15, -0.1) is 12.4 Å². The van der Waals surface area contributed by atoms with Crippen molar-refractivity contribution in [2.45, 2.75) is 44.7 Å². The number of nitrogens with one attached hydrogen (secondary N) is 1. The molecule has 0 spiro atoms. The lowest BCUT2D eigenvalue weighted by Gasteiger charge is -2.32. The van der Waals surface area contributed by atoms with E-state index in [-0.39, 0.29) is 12.4 Å². The smallest absolute Gasteiger partial charge is 0.0450 e. The van der Waals surface area contributed by atoms with Crippen LogP contribution in [0.5, 0.6) is 0 Å². The van der Waals surface area contributed by atoms with Crippen molar-refractivity contribution in [1.82, 2.24) is 5.32 Å². The third-order valence-corrected chi connectivity index (χ3v) is 6.31. The Morgan fingerprint density at radius 2 is 1.85 bits per heavy atom. The van der Waals surface area contributed by atoms with Crippen LogP contribution in [0.1, 0.15) is 37.7 Å². The van der Waals surface area contributed by atoms with Crippen LogP contribution in [0.4, 0.5) is 0 Å². The fourth-order valence-corrected chi connectivity index (χ4v) is 5.39. The first-order valence-electron chi connectivity index (χ1n) is 7.79. The lowest BCUT2D eigenvalue weighted by molar-refractivity contribution is 0.208. The van der Waals surface area contributed by atoms with Gasteiger partial charge in [0.2, 0.25) is 0 Å². The van der Waals surface area contributed by atoms with E-state index < -0.39 is 0 Å². The third kappa shape index (κ3) is 2.38. The van der Waals surface area contributed by atoms with Gasteiger partial charge in [-0.1, -0.05) is 36.2 Å². The first-order chi connectivity index (χ1) is 9.33. The summed E-state index contributed by atoms with van der Waals surface area (Å²) < 4.78 is 0. The molecule has 2 bridgehead atoms. The number of hydrogen-bond donors (Lipinski definition) is 1. The van der Waals surface area contributed by atoms with Gasteiger partial charge >= 0.3 is 0 Å². The SMILES string of the molecule is Cl.Clc1ccccc1CNC1CC2CC1C1CCCC21. The van der Waals surface area contributed by atoms with E-state index in [0.717, 1.165) is 41.3 Å². The molecule has 3 aliphatic rings. The second kappa shape index (κ2) is 5.87. The maximum atomic E-state index is 6.24. The largest absolute Gasteiger partial charge is 0.310 e. The minimum Gasteiger partial charge on any atom is -0.310 e. The summed E-state index contributed by atoms with van der Waals surface area (Å²) in [6.07, 6.45) is 7.41. The van der Waals surface area contributed by atoms with Crippen molar-refractivity contribution < 1.29 is 0 Å². The molecule has 0 aromatic heterocycles. The van der Waals surface area contributed by atoms with Gasteiger partial charge in [0.1, 0.15) is 0 Å².